The van der Waals surface area contributed by atoms with Crippen LogP contribution in [0.2, 0.25) is 0 Å². The molecule has 1 atom stereocenters. The number of halogens is 2. The highest BCUT2D eigenvalue weighted by atomic mass is 19.1. The van der Waals surface area contributed by atoms with Gasteiger partial charge >= 0.3 is 0 Å². The molecule has 1 fully saturated rings. The summed E-state index contributed by atoms with van der Waals surface area (Å²) in [6.45, 7) is 1.90. The summed E-state index contributed by atoms with van der Waals surface area (Å²) in [6, 6.07) is 2.48. The van der Waals surface area contributed by atoms with Crippen molar-refractivity contribution >= 4 is 5.84 Å². The largest absolute Gasteiger partial charge is 0.409 e. The monoisotopic (exact) mass is 327 g/mol. The highest BCUT2D eigenvalue weighted by Crippen LogP contribution is 2.30. The molecule has 0 unspecified atom stereocenters. The van der Waals surface area contributed by atoms with Gasteiger partial charge in [0.05, 0.1) is 24.9 Å². The number of nitrogens with zero attached hydrogens (tertiary/aromatic N) is 2. The van der Waals surface area contributed by atoms with E-state index in [0.717, 1.165) is 6.07 Å². The Labute approximate surface area is 130 Å². The topological polar surface area (TPSA) is 107 Å². The Balaban J connectivity index is 2.49. The van der Waals surface area contributed by atoms with Crippen LogP contribution in [0.3, 0.4) is 0 Å². The van der Waals surface area contributed by atoms with E-state index < -0.39 is 29.6 Å². The number of ether oxygens (including phenoxy) is 2. The molecule has 0 aromatic heterocycles. The van der Waals surface area contributed by atoms with E-state index in [0.29, 0.717) is 0 Å². The molecule has 0 amide bonds. The van der Waals surface area contributed by atoms with Gasteiger partial charge < -0.3 is 25.1 Å². The predicted molar refractivity (Wildman–Crippen MR) is 73.7 cm³/mol. The zero-order valence-electron chi connectivity index (χ0n) is 12.2. The van der Waals surface area contributed by atoms with Crippen LogP contribution in [0.15, 0.2) is 11.2 Å². The third-order valence-electron chi connectivity index (χ3n) is 3.14. The van der Waals surface area contributed by atoms with Crippen molar-refractivity contribution in [3.63, 3.8) is 0 Å². The summed E-state index contributed by atoms with van der Waals surface area (Å²) in [7, 11) is 0. The molecule has 1 aromatic carbocycles. The number of oxime groups is 1. The Morgan fingerprint density at radius 2 is 2.13 bits per heavy atom. The van der Waals surface area contributed by atoms with Crippen LogP contribution >= 0.6 is 0 Å². The maximum atomic E-state index is 14.3. The molecule has 124 valence electrons. The third-order valence-corrected chi connectivity index (χ3v) is 3.14. The van der Waals surface area contributed by atoms with E-state index in [9.17, 15) is 13.9 Å². The van der Waals surface area contributed by atoms with Crippen LogP contribution in [0.4, 0.5) is 8.78 Å². The predicted octanol–water partition coefficient (Wildman–Crippen LogP) is 0.988. The van der Waals surface area contributed by atoms with E-state index in [4.69, 9.17) is 19.9 Å². The summed E-state index contributed by atoms with van der Waals surface area (Å²) in [5.41, 5.74) is -1.34. The number of nitrogens with one attached hydrogen (secondary N) is 1. The minimum Gasteiger partial charge on any atom is -0.409 e. The smallest absolute Gasteiger partial charge is 0.186 e. The maximum absolute atomic E-state index is 14.3. The molecule has 0 aliphatic carbocycles. The van der Waals surface area contributed by atoms with Crippen molar-refractivity contribution in [1.29, 1.82) is 5.26 Å². The van der Waals surface area contributed by atoms with Crippen LogP contribution in [-0.2, 0) is 9.47 Å². The van der Waals surface area contributed by atoms with Crippen molar-refractivity contribution in [1.82, 2.24) is 5.32 Å². The van der Waals surface area contributed by atoms with Crippen LogP contribution in [0.1, 0.15) is 29.9 Å². The van der Waals surface area contributed by atoms with Crippen LogP contribution in [0, 0.1) is 23.0 Å². The summed E-state index contributed by atoms with van der Waals surface area (Å²) >= 11 is 0. The average molecular weight is 327 g/mol. The maximum Gasteiger partial charge on any atom is 0.186 e. The fourth-order valence-corrected chi connectivity index (χ4v) is 2.07. The van der Waals surface area contributed by atoms with Crippen molar-refractivity contribution in [2.24, 2.45) is 5.16 Å². The second kappa shape index (κ2) is 7.32. The Morgan fingerprint density at radius 3 is 2.65 bits per heavy atom. The molecule has 1 aliphatic heterocycles. The van der Waals surface area contributed by atoms with Crippen molar-refractivity contribution < 1.29 is 28.6 Å². The number of rotatable bonds is 4. The zero-order valence-corrected chi connectivity index (χ0v) is 12.2. The molecule has 23 heavy (non-hydrogen) atoms. The molecule has 1 aromatic rings. The molecule has 9 heteroatoms. The number of hydrogen-bond donors (Lipinski definition) is 3. The van der Waals surface area contributed by atoms with Crippen molar-refractivity contribution in [3.05, 3.63) is 34.4 Å². The standard InChI is InChI=1S/C14H15F2N3O4/c1-7(20)6-18-13(19-21)8-4-9(14-22-2-3-23-14)12(16)10(5-17)11(8)15/h4,7,14,20-21H,2-3,6H2,1H3,(H,18,19)/t7-/m1/s1. The van der Waals surface area contributed by atoms with E-state index in [2.05, 4.69) is 10.5 Å². The van der Waals surface area contributed by atoms with Crippen LogP contribution < -0.4 is 5.32 Å². The molecular weight excluding hydrogens is 312 g/mol. The van der Waals surface area contributed by atoms with Gasteiger partial charge in [-0.25, -0.2) is 8.78 Å². The van der Waals surface area contributed by atoms with Gasteiger partial charge in [0.25, 0.3) is 0 Å². The van der Waals surface area contributed by atoms with E-state index in [1.807, 2.05) is 0 Å². The Morgan fingerprint density at radius 1 is 1.48 bits per heavy atom. The van der Waals surface area contributed by atoms with Gasteiger partial charge in [-0.05, 0) is 13.0 Å². The fraction of sp³-hybridized carbons (Fsp3) is 0.429. The van der Waals surface area contributed by atoms with Crippen molar-refractivity contribution in [2.45, 2.75) is 19.3 Å². The first-order valence-electron chi connectivity index (χ1n) is 6.79. The van der Waals surface area contributed by atoms with Gasteiger partial charge in [0.1, 0.15) is 11.6 Å². The fourth-order valence-electron chi connectivity index (χ4n) is 2.07. The second-order valence-corrected chi connectivity index (χ2v) is 4.88. The summed E-state index contributed by atoms with van der Waals surface area (Å²) in [6.07, 6.45) is -1.87. The normalized spacial score (nSPS) is 17.1. The molecule has 1 heterocycles. The van der Waals surface area contributed by atoms with Gasteiger partial charge in [0, 0.05) is 12.1 Å². The molecule has 1 aliphatic rings. The van der Waals surface area contributed by atoms with Gasteiger partial charge in [-0.2, -0.15) is 5.26 Å². The Bertz CT molecular complexity index is 652. The van der Waals surface area contributed by atoms with Gasteiger partial charge in [0.2, 0.25) is 0 Å². The highest BCUT2D eigenvalue weighted by molar-refractivity contribution is 5.99. The minimum absolute atomic E-state index is 0.0378. The van der Waals surface area contributed by atoms with Gasteiger partial charge in [-0.3, -0.25) is 0 Å². The molecule has 2 rings (SSSR count). The quantitative estimate of drug-likeness (QED) is 0.329. The summed E-state index contributed by atoms with van der Waals surface area (Å²) in [4.78, 5) is 0. The Kier molecular flexibility index (Phi) is 5.44. The van der Waals surface area contributed by atoms with Crippen molar-refractivity contribution in [2.75, 3.05) is 19.8 Å². The Hall–Kier alpha value is -2.28. The average Bonchev–Trinajstić information content (AvgIpc) is 3.04. The van der Waals surface area contributed by atoms with E-state index in [-0.39, 0.29) is 36.7 Å². The lowest BCUT2D eigenvalue weighted by atomic mass is 10.0. The molecule has 0 saturated carbocycles. The summed E-state index contributed by atoms with van der Waals surface area (Å²) in [5.74, 6) is -2.62. The third kappa shape index (κ3) is 3.56. The SMILES string of the molecule is C[C@@H](O)CN/C(=N\O)c1cc(C2OCCO2)c(F)c(C#N)c1F. The molecule has 3 N–H and O–H groups in total. The highest BCUT2D eigenvalue weighted by Gasteiger charge is 2.29. The summed E-state index contributed by atoms with van der Waals surface area (Å²) in [5, 5.41) is 32.7. The molecule has 0 spiro atoms. The van der Waals surface area contributed by atoms with Crippen molar-refractivity contribution in [3.8, 4) is 6.07 Å². The number of nitriles is 1. The first-order chi connectivity index (χ1) is 11.0. The first kappa shape index (κ1) is 17.1. The van der Waals surface area contributed by atoms with Gasteiger partial charge in [-0.15, -0.1) is 0 Å². The molecule has 7 nitrogen and oxygen atoms in total. The zero-order chi connectivity index (χ0) is 17.0. The first-order valence-corrected chi connectivity index (χ1v) is 6.79. The molecule has 0 radical (unpaired) electrons. The number of amidine groups is 1. The summed E-state index contributed by atoms with van der Waals surface area (Å²) < 4.78 is 38.9. The van der Waals surface area contributed by atoms with E-state index >= 15 is 0 Å². The van der Waals surface area contributed by atoms with Crippen LogP contribution in [0.25, 0.3) is 0 Å². The minimum atomic E-state index is -1.18. The number of aliphatic hydroxyl groups excluding tert-OH is 1. The number of benzene rings is 1. The van der Waals surface area contributed by atoms with Gasteiger partial charge in [-0.1, -0.05) is 5.16 Å². The van der Waals surface area contributed by atoms with E-state index in [1.165, 1.54) is 13.0 Å². The molecule has 1 saturated heterocycles. The van der Waals surface area contributed by atoms with Crippen LogP contribution in [0.5, 0.6) is 0 Å². The second-order valence-electron chi connectivity index (χ2n) is 4.88. The van der Waals surface area contributed by atoms with Gasteiger partial charge in [0.15, 0.2) is 23.8 Å². The lowest BCUT2D eigenvalue weighted by Crippen LogP contribution is -2.32. The molecular formula is C14H15F2N3O4. The lowest BCUT2D eigenvalue weighted by molar-refractivity contribution is -0.0465. The lowest BCUT2D eigenvalue weighted by Gasteiger charge is -2.16. The number of hydrogen-bond acceptors (Lipinski definition) is 6. The van der Waals surface area contributed by atoms with E-state index in [1.54, 1.807) is 0 Å². The molecule has 0 bridgehead atoms. The number of aliphatic hydroxyl groups is 1. The van der Waals surface area contributed by atoms with Crippen LogP contribution in [-0.4, -0.2) is 42.0 Å².